The maximum absolute atomic E-state index is 13.4. The lowest BCUT2D eigenvalue weighted by molar-refractivity contribution is -0.142. The summed E-state index contributed by atoms with van der Waals surface area (Å²) >= 11 is 0. The Bertz CT molecular complexity index is 1040. The molecule has 0 radical (unpaired) electrons. The number of carbonyl (C=O) groups is 4. The van der Waals surface area contributed by atoms with Gasteiger partial charge in [0.15, 0.2) is 11.9 Å². The molecule has 1 rings (SSSR count). The molecule has 0 saturated heterocycles. The van der Waals surface area contributed by atoms with Crippen LogP contribution in [-0.4, -0.2) is 87.9 Å². The number of amides is 3. The van der Waals surface area contributed by atoms with Crippen LogP contribution in [-0.2, 0) is 25.6 Å². The number of imidazole rings is 1. The summed E-state index contributed by atoms with van der Waals surface area (Å²) in [5, 5.41) is 17.4. The highest BCUT2D eigenvalue weighted by atomic mass is 16.4. The number of guanidine groups is 2. The van der Waals surface area contributed by atoms with Crippen molar-refractivity contribution in [1.29, 1.82) is 0 Å². The van der Waals surface area contributed by atoms with E-state index in [9.17, 15) is 24.3 Å². The van der Waals surface area contributed by atoms with Gasteiger partial charge in [0.1, 0.15) is 18.1 Å². The fraction of sp³-hybridized carbons (Fsp3) is 0.625. The Morgan fingerprint density at radius 3 is 2.02 bits per heavy atom. The first-order chi connectivity index (χ1) is 19.3. The van der Waals surface area contributed by atoms with Gasteiger partial charge in [0.05, 0.1) is 12.4 Å². The monoisotopic (exact) mass is 580 g/mol. The van der Waals surface area contributed by atoms with Crippen LogP contribution in [0.2, 0.25) is 0 Å². The summed E-state index contributed by atoms with van der Waals surface area (Å²) in [6.07, 6.45) is 4.49. The molecule has 230 valence electrons. The number of aromatic nitrogens is 2. The van der Waals surface area contributed by atoms with Crippen molar-refractivity contribution in [1.82, 2.24) is 25.9 Å². The van der Waals surface area contributed by atoms with Gasteiger partial charge in [-0.2, -0.15) is 0 Å². The highest BCUT2D eigenvalue weighted by molar-refractivity contribution is 5.94. The third kappa shape index (κ3) is 13.5. The summed E-state index contributed by atoms with van der Waals surface area (Å²) in [5.74, 6) is -3.70. The number of carboxylic acid groups (broad SMARTS) is 1. The standard InChI is InChI=1S/C24H44N12O5/c1-3-13(2)18(21(39)35-17(22(40)41)10-14-11-30-12-33-14)36-20(38)16(7-5-9-32-24(28)29)34-19(37)15(25)6-4-8-31-23(26)27/h11-13,15-18H,3-10,25H2,1-2H3,(H,30,33)(H,34,37)(H,35,39)(H,36,38)(H,40,41)(H4,26,27,31)(H4,28,29,32). The molecular weight excluding hydrogens is 536 g/mol. The molecule has 1 aromatic rings. The predicted molar refractivity (Wildman–Crippen MR) is 153 cm³/mol. The average molecular weight is 581 g/mol. The fourth-order valence-corrected chi connectivity index (χ4v) is 3.74. The van der Waals surface area contributed by atoms with Crippen LogP contribution >= 0.6 is 0 Å². The first-order valence-electron chi connectivity index (χ1n) is 13.3. The number of rotatable bonds is 19. The second-order valence-electron chi connectivity index (χ2n) is 9.62. The van der Waals surface area contributed by atoms with E-state index in [1.54, 1.807) is 6.92 Å². The van der Waals surface area contributed by atoms with Gasteiger partial charge in [0.2, 0.25) is 17.7 Å². The van der Waals surface area contributed by atoms with Crippen LogP contribution in [0.15, 0.2) is 22.5 Å². The van der Waals surface area contributed by atoms with Gasteiger partial charge in [-0.1, -0.05) is 20.3 Å². The molecule has 0 aliphatic carbocycles. The second-order valence-corrected chi connectivity index (χ2v) is 9.62. The SMILES string of the molecule is CCC(C)C(NC(=O)C(CCCN=C(N)N)NC(=O)C(N)CCCN=C(N)N)C(=O)NC(Cc1cnc[nH]1)C(=O)O. The normalized spacial score (nSPS) is 14.4. The molecule has 1 aromatic heterocycles. The molecule has 0 aliphatic rings. The van der Waals surface area contributed by atoms with Crippen LogP contribution in [0.25, 0.3) is 0 Å². The smallest absolute Gasteiger partial charge is 0.326 e. The third-order valence-corrected chi connectivity index (χ3v) is 6.27. The van der Waals surface area contributed by atoms with Gasteiger partial charge in [0, 0.05) is 31.4 Å². The van der Waals surface area contributed by atoms with Gasteiger partial charge < -0.3 is 54.7 Å². The van der Waals surface area contributed by atoms with Crippen LogP contribution in [0.5, 0.6) is 0 Å². The Kier molecular flexibility index (Phi) is 15.2. The highest BCUT2D eigenvalue weighted by Crippen LogP contribution is 2.11. The Labute approximate surface area is 238 Å². The van der Waals surface area contributed by atoms with Gasteiger partial charge in [-0.05, 0) is 31.6 Å². The number of aliphatic carboxylic acids is 1. The summed E-state index contributed by atoms with van der Waals surface area (Å²) in [4.78, 5) is 65.6. The van der Waals surface area contributed by atoms with E-state index in [2.05, 4.69) is 35.9 Å². The molecule has 5 unspecified atom stereocenters. The molecule has 17 nitrogen and oxygen atoms in total. The first-order valence-corrected chi connectivity index (χ1v) is 13.3. The average Bonchev–Trinajstić information content (AvgIpc) is 3.42. The van der Waals surface area contributed by atoms with E-state index >= 15 is 0 Å². The molecule has 17 heteroatoms. The van der Waals surface area contributed by atoms with Gasteiger partial charge in [-0.3, -0.25) is 24.4 Å². The summed E-state index contributed by atoms with van der Waals surface area (Å²) in [6.45, 7) is 4.06. The number of aromatic amines is 1. The molecule has 15 N–H and O–H groups in total. The minimum atomic E-state index is -1.27. The van der Waals surface area contributed by atoms with Crippen molar-refractivity contribution in [3.63, 3.8) is 0 Å². The zero-order valence-electron chi connectivity index (χ0n) is 23.5. The zero-order chi connectivity index (χ0) is 30.9. The molecule has 3 amide bonds. The van der Waals surface area contributed by atoms with E-state index in [0.717, 1.165) is 0 Å². The van der Waals surface area contributed by atoms with Crippen molar-refractivity contribution in [2.75, 3.05) is 13.1 Å². The van der Waals surface area contributed by atoms with Gasteiger partial charge in [0.25, 0.3) is 0 Å². The number of hydrogen-bond donors (Lipinski definition) is 10. The first kappa shape index (κ1) is 34.6. The molecule has 0 aliphatic heterocycles. The van der Waals surface area contributed by atoms with Crippen LogP contribution in [0, 0.1) is 5.92 Å². The third-order valence-electron chi connectivity index (χ3n) is 6.27. The fourth-order valence-electron chi connectivity index (χ4n) is 3.74. The summed E-state index contributed by atoms with van der Waals surface area (Å²) in [7, 11) is 0. The Balaban J connectivity index is 3.01. The van der Waals surface area contributed by atoms with Gasteiger partial charge in [-0.15, -0.1) is 0 Å². The molecule has 41 heavy (non-hydrogen) atoms. The molecule has 0 spiro atoms. The topological polar surface area (TPSA) is 308 Å². The minimum Gasteiger partial charge on any atom is -0.480 e. The van der Waals surface area contributed by atoms with E-state index in [4.69, 9.17) is 28.7 Å². The Hall–Kier alpha value is -4.41. The molecule has 0 fully saturated rings. The van der Waals surface area contributed by atoms with E-state index in [1.807, 2.05) is 6.92 Å². The van der Waals surface area contributed by atoms with E-state index in [-0.39, 0.29) is 50.2 Å². The number of nitrogens with one attached hydrogen (secondary N) is 4. The van der Waals surface area contributed by atoms with Crippen molar-refractivity contribution in [3.05, 3.63) is 18.2 Å². The van der Waals surface area contributed by atoms with E-state index < -0.39 is 47.9 Å². The Morgan fingerprint density at radius 1 is 0.927 bits per heavy atom. The quantitative estimate of drug-likeness (QED) is 0.0445. The maximum Gasteiger partial charge on any atom is 0.326 e. The van der Waals surface area contributed by atoms with Crippen LogP contribution in [0.3, 0.4) is 0 Å². The number of nitrogens with zero attached hydrogens (tertiary/aromatic N) is 3. The number of carboxylic acids is 1. The molecule has 0 aromatic carbocycles. The Morgan fingerprint density at radius 2 is 1.51 bits per heavy atom. The van der Waals surface area contributed by atoms with Crippen molar-refractivity contribution in [2.45, 2.75) is 76.5 Å². The number of carbonyl (C=O) groups excluding carboxylic acids is 3. The van der Waals surface area contributed by atoms with Crippen molar-refractivity contribution >= 4 is 35.6 Å². The van der Waals surface area contributed by atoms with Gasteiger partial charge in [-0.25, -0.2) is 9.78 Å². The number of aliphatic imine (C=N–C) groups is 2. The van der Waals surface area contributed by atoms with Crippen molar-refractivity contribution < 1.29 is 24.3 Å². The zero-order valence-corrected chi connectivity index (χ0v) is 23.5. The predicted octanol–water partition coefficient (Wildman–Crippen LogP) is -3.03. The van der Waals surface area contributed by atoms with Crippen molar-refractivity contribution in [2.24, 2.45) is 44.6 Å². The lowest BCUT2D eigenvalue weighted by Crippen LogP contribution is -2.58. The highest BCUT2D eigenvalue weighted by Gasteiger charge is 2.32. The van der Waals surface area contributed by atoms with E-state index in [0.29, 0.717) is 25.0 Å². The largest absolute Gasteiger partial charge is 0.480 e. The number of nitrogens with two attached hydrogens (primary N) is 5. The van der Waals surface area contributed by atoms with E-state index in [1.165, 1.54) is 12.5 Å². The van der Waals surface area contributed by atoms with Gasteiger partial charge >= 0.3 is 5.97 Å². The van der Waals surface area contributed by atoms with Crippen molar-refractivity contribution in [3.8, 4) is 0 Å². The minimum absolute atomic E-state index is 0.0349. The molecule has 0 saturated carbocycles. The lowest BCUT2D eigenvalue weighted by Gasteiger charge is -2.28. The van der Waals surface area contributed by atoms with Crippen LogP contribution in [0.4, 0.5) is 0 Å². The summed E-state index contributed by atoms with van der Waals surface area (Å²) in [5.41, 5.74) is 27.8. The van der Waals surface area contributed by atoms with Crippen LogP contribution < -0.4 is 44.6 Å². The summed E-state index contributed by atoms with van der Waals surface area (Å²) < 4.78 is 0. The lowest BCUT2D eigenvalue weighted by atomic mass is 9.96. The maximum atomic E-state index is 13.4. The molecule has 0 bridgehead atoms. The second kappa shape index (κ2) is 18.0. The molecular formula is C24H44N12O5. The molecule has 1 heterocycles. The van der Waals surface area contributed by atoms with Crippen LogP contribution in [0.1, 0.15) is 51.6 Å². The molecule has 5 atom stereocenters. The number of H-pyrrole nitrogens is 1. The number of hydrogen-bond acceptors (Lipinski definition) is 8. The summed E-state index contributed by atoms with van der Waals surface area (Å²) in [6, 6.07) is -4.36.